The molecule has 1 atom stereocenters. The van der Waals surface area contributed by atoms with E-state index in [1.807, 2.05) is 0 Å². The Labute approximate surface area is 95.3 Å². The number of sulfone groups is 1. The molecule has 94 valence electrons. The smallest absolute Gasteiger partial charge is 0.329 e. The van der Waals surface area contributed by atoms with Crippen LogP contribution in [0.4, 0.5) is 0 Å². The van der Waals surface area contributed by atoms with Crippen molar-refractivity contribution in [2.24, 2.45) is 0 Å². The monoisotopic (exact) mass is 251 g/mol. The van der Waals surface area contributed by atoms with E-state index in [0.717, 1.165) is 7.11 Å². The van der Waals surface area contributed by atoms with Gasteiger partial charge in [0.15, 0.2) is 9.84 Å². The number of ether oxygens (including phenoxy) is 1. The third-order valence-electron chi connectivity index (χ3n) is 1.98. The number of carbonyl (C=O) groups excluding carboxylic acids is 2. The van der Waals surface area contributed by atoms with Gasteiger partial charge in [-0.25, -0.2) is 13.2 Å². The Morgan fingerprint density at radius 1 is 1.31 bits per heavy atom. The largest absolute Gasteiger partial charge is 0.467 e. The zero-order chi connectivity index (χ0) is 12.9. The van der Waals surface area contributed by atoms with E-state index >= 15 is 0 Å². The maximum atomic E-state index is 11.6. The van der Waals surface area contributed by atoms with E-state index in [9.17, 15) is 18.0 Å². The summed E-state index contributed by atoms with van der Waals surface area (Å²) in [5, 5.41) is 1.65. The Bertz CT molecular complexity index is 360. The van der Waals surface area contributed by atoms with Gasteiger partial charge in [0, 0.05) is 6.92 Å². The first kappa shape index (κ1) is 14.9. The van der Waals surface area contributed by atoms with Crippen LogP contribution in [0.3, 0.4) is 0 Å². The molecule has 0 aliphatic rings. The summed E-state index contributed by atoms with van der Waals surface area (Å²) in [4.78, 5) is 22.1. The van der Waals surface area contributed by atoms with Crippen LogP contribution in [0.5, 0.6) is 0 Å². The quantitative estimate of drug-likeness (QED) is 0.664. The molecule has 0 radical (unpaired) electrons. The summed E-state index contributed by atoms with van der Waals surface area (Å²) in [5.74, 6) is -1.69. The summed E-state index contributed by atoms with van der Waals surface area (Å²) in [6.45, 7) is 4.23. The minimum absolute atomic E-state index is 0.448. The Morgan fingerprint density at radius 3 is 2.12 bits per heavy atom. The lowest BCUT2D eigenvalue weighted by Gasteiger charge is -2.16. The minimum Gasteiger partial charge on any atom is -0.467 e. The molecule has 0 bridgehead atoms. The number of hydrogen-bond donors (Lipinski definition) is 1. The van der Waals surface area contributed by atoms with E-state index in [4.69, 9.17) is 0 Å². The van der Waals surface area contributed by atoms with Gasteiger partial charge in [0.25, 0.3) is 0 Å². The second-order valence-corrected chi connectivity index (χ2v) is 6.26. The lowest BCUT2D eigenvalue weighted by Crippen LogP contribution is -2.46. The highest BCUT2D eigenvalue weighted by Crippen LogP contribution is 2.04. The highest BCUT2D eigenvalue weighted by atomic mass is 32.2. The molecule has 0 spiro atoms. The zero-order valence-electron chi connectivity index (χ0n) is 9.81. The van der Waals surface area contributed by atoms with Crippen molar-refractivity contribution in [2.75, 3.05) is 12.9 Å². The third-order valence-corrected chi connectivity index (χ3v) is 4.21. The Morgan fingerprint density at radius 2 is 1.81 bits per heavy atom. The standard InChI is InChI=1S/C9H17NO5S/c1-6(2)16(13,14)5-8(9(12)15-4)10-7(3)11/h6,8H,5H2,1-4H3,(H,10,11)/t8-/m0/s1. The molecule has 6 nitrogen and oxygen atoms in total. The highest BCUT2D eigenvalue weighted by molar-refractivity contribution is 7.92. The van der Waals surface area contributed by atoms with Crippen LogP contribution in [0.15, 0.2) is 0 Å². The van der Waals surface area contributed by atoms with E-state index in [-0.39, 0.29) is 0 Å². The van der Waals surface area contributed by atoms with Crippen LogP contribution in [0, 0.1) is 0 Å². The lowest BCUT2D eigenvalue weighted by molar-refractivity contribution is -0.144. The molecule has 0 saturated heterocycles. The Hall–Kier alpha value is -1.11. The second kappa shape index (κ2) is 5.83. The Kier molecular flexibility index (Phi) is 5.43. The molecule has 7 heteroatoms. The van der Waals surface area contributed by atoms with Gasteiger partial charge < -0.3 is 10.1 Å². The zero-order valence-corrected chi connectivity index (χ0v) is 10.6. The average Bonchev–Trinajstić information content (AvgIpc) is 2.14. The third kappa shape index (κ3) is 4.61. The molecule has 0 rings (SSSR count). The number of rotatable bonds is 5. The first-order chi connectivity index (χ1) is 7.20. The van der Waals surface area contributed by atoms with Crippen molar-refractivity contribution in [3.8, 4) is 0 Å². The van der Waals surface area contributed by atoms with Crippen LogP contribution in [0.1, 0.15) is 20.8 Å². The molecule has 0 aliphatic heterocycles. The van der Waals surface area contributed by atoms with Gasteiger partial charge >= 0.3 is 5.97 Å². The van der Waals surface area contributed by atoms with Crippen molar-refractivity contribution in [3.63, 3.8) is 0 Å². The maximum Gasteiger partial charge on any atom is 0.329 e. The fourth-order valence-electron chi connectivity index (χ4n) is 0.981. The number of methoxy groups -OCH3 is 1. The molecule has 1 N–H and O–H groups in total. The van der Waals surface area contributed by atoms with Gasteiger partial charge in [-0.15, -0.1) is 0 Å². The lowest BCUT2D eigenvalue weighted by atomic mass is 10.3. The van der Waals surface area contributed by atoms with Crippen molar-refractivity contribution < 1.29 is 22.7 Å². The van der Waals surface area contributed by atoms with Gasteiger partial charge in [-0.1, -0.05) is 0 Å². The van der Waals surface area contributed by atoms with Crippen molar-refractivity contribution >= 4 is 21.7 Å². The number of carbonyl (C=O) groups is 2. The first-order valence-corrected chi connectivity index (χ1v) is 6.48. The van der Waals surface area contributed by atoms with Gasteiger partial charge in [0.2, 0.25) is 5.91 Å². The number of hydrogen-bond acceptors (Lipinski definition) is 5. The summed E-state index contributed by atoms with van der Waals surface area (Å²) >= 11 is 0. The van der Waals surface area contributed by atoms with E-state index in [1.165, 1.54) is 20.8 Å². The molecular formula is C9H17NO5S. The molecule has 0 aromatic rings. The first-order valence-electron chi connectivity index (χ1n) is 4.77. The molecule has 1 amide bonds. The van der Waals surface area contributed by atoms with Crippen LogP contribution in [-0.2, 0) is 24.2 Å². The van der Waals surface area contributed by atoms with E-state index in [2.05, 4.69) is 10.1 Å². The van der Waals surface area contributed by atoms with Gasteiger partial charge in [-0.2, -0.15) is 0 Å². The van der Waals surface area contributed by atoms with Gasteiger partial charge in [0.1, 0.15) is 6.04 Å². The van der Waals surface area contributed by atoms with Crippen LogP contribution in [-0.4, -0.2) is 44.4 Å². The fraction of sp³-hybridized carbons (Fsp3) is 0.778. The number of amides is 1. The van der Waals surface area contributed by atoms with Crippen LogP contribution in [0.25, 0.3) is 0 Å². The van der Waals surface area contributed by atoms with Gasteiger partial charge in [-0.3, -0.25) is 4.79 Å². The topological polar surface area (TPSA) is 89.5 Å². The van der Waals surface area contributed by atoms with Crippen LogP contribution >= 0.6 is 0 Å². The van der Waals surface area contributed by atoms with E-state index in [0.29, 0.717) is 0 Å². The predicted molar refractivity (Wildman–Crippen MR) is 58.5 cm³/mol. The van der Waals surface area contributed by atoms with Crippen LogP contribution in [0.2, 0.25) is 0 Å². The molecule has 0 unspecified atom stereocenters. The molecule has 0 aromatic heterocycles. The summed E-state index contributed by atoms with van der Waals surface area (Å²) < 4.78 is 27.6. The molecule has 0 aromatic carbocycles. The fourth-order valence-corrected chi connectivity index (χ4v) is 2.05. The number of esters is 1. The van der Waals surface area contributed by atoms with Crippen molar-refractivity contribution in [1.29, 1.82) is 0 Å². The molecule has 0 saturated carbocycles. The molecule has 0 heterocycles. The average molecular weight is 251 g/mol. The highest BCUT2D eigenvalue weighted by Gasteiger charge is 2.28. The minimum atomic E-state index is -3.41. The normalized spacial score (nSPS) is 13.3. The SMILES string of the molecule is COC(=O)[C@H](CS(=O)(=O)C(C)C)NC(C)=O. The van der Waals surface area contributed by atoms with Crippen molar-refractivity contribution in [2.45, 2.75) is 32.1 Å². The second-order valence-electron chi connectivity index (χ2n) is 3.65. The summed E-state index contributed by atoms with van der Waals surface area (Å²) in [7, 11) is -2.28. The van der Waals surface area contributed by atoms with E-state index in [1.54, 1.807) is 0 Å². The summed E-state index contributed by atoms with van der Waals surface area (Å²) in [6.07, 6.45) is 0. The molecule has 16 heavy (non-hydrogen) atoms. The van der Waals surface area contributed by atoms with Crippen molar-refractivity contribution in [1.82, 2.24) is 5.32 Å². The maximum absolute atomic E-state index is 11.6. The Balaban J connectivity index is 4.81. The predicted octanol–water partition coefficient (Wildman–Crippen LogP) is -0.513. The summed E-state index contributed by atoms with van der Waals surface area (Å²) in [5.41, 5.74) is 0. The molecule has 0 aliphatic carbocycles. The number of nitrogens with one attached hydrogen (secondary N) is 1. The van der Waals surface area contributed by atoms with Crippen molar-refractivity contribution in [3.05, 3.63) is 0 Å². The summed E-state index contributed by atoms with van der Waals surface area (Å²) in [6, 6.07) is -1.14. The van der Waals surface area contributed by atoms with Crippen LogP contribution < -0.4 is 5.32 Å². The molecular weight excluding hydrogens is 234 g/mol. The van der Waals surface area contributed by atoms with Gasteiger partial charge in [-0.05, 0) is 13.8 Å². The van der Waals surface area contributed by atoms with E-state index < -0.39 is 38.8 Å². The van der Waals surface area contributed by atoms with Gasteiger partial charge in [0.05, 0.1) is 18.1 Å². The molecule has 0 fully saturated rings.